The van der Waals surface area contributed by atoms with Crippen molar-refractivity contribution in [1.82, 2.24) is 0 Å². The highest BCUT2D eigenvalue weighted by Crippen LogP contribution is 2.37. The van der Waals surface area contributed by atoms with Crippen molar-refractivity contribution in [3.63, 3.8) is 0 Å². The molecule has 0 fully saturated rings. The number of carbonyl (C=O) groups is 2. The van der Waals surface area contributed by atoms with E-state index >= 15 is 0 Å². The van der Waals surface area contributed by atoms with E-state index in [9.17, 15) is 14.9 Å². The van der Waals surface area contributed by atoms with Crippen LogP contribution in [-0.2, 0) is 9.59 Å². The first-order valence-corrected chi connectivity index (χ1v) is 7.01. The maximum atomic E-state index is 12.7. The van der Waals surface area contributed by atoms with Crippen LogP contribution in [0.25, 0.3) is 0 Å². The molecule has 1 aliphatic rings. The minimum Gasteiger partial charge on any atom is -0.296 e. The predicted octanol–water partition coefficient (Wildman–Crippen LogP) is 3.26. The molecule has 0 aliphatic heterocycles. The standard InChI is InChI=1S/C16H23N3O2/c1-9-10(8-17)13(20)11(15(2,3)4)14(21)12(9)18-19-16(5,6)7/h11-12H,1-7H3. The molecule has 0 spiro atoms. The first kappa shape index (κ1) is 17.2. The molecule has 21 heavy (non-hydrogen) atoms. The lowest BCUT2D eigenvalue weighted by atomic mass is 9.68. The van der Waals surface area contributed by atoms with E-state index in [1.807, 2.05) is 47.6 Å². The van der Waals surface area contributed by atoms with Gasteiger partial charge in [-0.05, 0) is 38.7 Å². The van der Waals surface area contributed by atoms with Crippen LogP contribution < -0.4 is 0 Å². The van der Waals surface area contributed by atoms with Crippen molar-refractivity contribution in [2.45, 2.75) is 60.0 Å². The normalized spacial score (nSPS) is 24.7. The Morgan fingerprint density at radius 3 is 2.00 bits per heavy atom. The Morgan fingerprint density at radius 1 is 1.10 bits per heavy atom. The highest BCUT2D eigenvalue weighted by molar-refractivity contribution is 6.18. The molecule has 2 atom stereocenters. The molecule has 0 amide bonds. The van der Waals surface area contributed by atoms with E-state index in [1.165, 1.54) is 0 Å². The van der Waals surface area contributed by atoms with Gasteiger partial charge in [-0.25, -0.2) is 0 Å². The van der Waals surface area contributed by atoms with Gasteiger partial charge in [0.05, 0.1) is 17.0 Å². The first-order valence-electron chi connectivity index (χ1n) is 7.01. The number of hydrogen-bond acceptors (Lipinski definition) is 5. The van der Waals surface area contributed by atoms with Gasteiger partial charge in [0.15, 0.2) is 17.6 Å². The van der Waals surface area contributed by atoms with E-state index in [1.54, 1.807) is 6.92 Å². The van der Waals surface area contributed by atoms with Crippen molar-refractivity contribution in [2.75, 3.05) is 0 Å². The van der Waals surface area contributed by atoms with Gasteiger partial charge in [0, 0.05) is 0 Å². The van der Waals surface area contributed by atoms with E-state index in [0.29, 0.717) is 5.57 Å². The Labute approximate surface area is 126 Å². The maximum absolute atomic E-state index is 12.7. The van der Waals surface area contributed by atoms with Crippen LogP contribution in [0.5, 0.6) is 0 Å². The van der Waals surface area contributed by atoms with Crippen LogP contribution in [-0.4, -0.2) is 23.1 Å². The zero-order valence-corrected chi connectivity index (χ0v) is 13.8. The molecule has 0 N–H and O–H groups in total. The Hall–Kier alpha value is -1.83. The molecule has 2 unspecified atom stereocenters. The Morgan fingerprint density at radius 2 is 1.62 bits per heavy atom. The second-order valence-electron chi connectivity index (χ2n) is 7.52. The number of hydrogen-bond donors (Lipinski definition) is 0. The van der Waals surface area contributed by atoms with E-state index in [0.717, 1.165) is 0 Å². The van der Waals surface area contributed by atoms with Crippen molar-refractivity contribution < 1.29 is 9.59 Å². The Balaban J connectivity index is 3.41. The highest BCUT2D eigenvalue weighted by atomic mass is 16.2. The van der Waals surface area contributed by atoms with Gasteiger partial charge in [0.2, 0.25) is 0 Å². The fourth-order valence-corrected chi connectivity index (χ4v) is 2.31. The van der Waals surface area contributed by atoms with Crippen LogP contribution in [0.2, 0.25) is 0 Å². The summed E-state index contributed by atoms with van der Waals surface area (Å²) in [7, 11) is 0. The van der Waals surface area contributed by atoms with Crippen LogP contribution >= 0.6 is 0 Å². The number of azo groups is 1. The van der Waals surface area contributed by atoms with Gasteiger partial charge >= 0.3 is 0 Å². The van der Waals surface area contributed by atoms with Crippen molar-refractivity contribution in [3.05, 3.63) is 11.1 Å². The summed E-state index contributed by atoms with van der Waals surface area (Å²) in [6, 6.07) is 1.10. The van der Waals surface area contributed by atoms with Gasteiger partial charge in [-0.1, -0.05) is 20.8 Å². The zero-order valence-electron chi connectivity index (χ0n) is 13.8. The molecule has 5 nitrogen and oxygen atoms in total. The molecule has 0 saturated carbocycles. The highest BCUT2D eigenvalue weighted by Gasteiger charge is 2.47. The summed E-state index contributed by atoms with van der Waals surface area (Å²) >= 11 is 0. The third-order valence-corrected chi connectivity index (χ3v) is 3.32. The summed E-state index contributed by atoms with van der Waals surface area (Å²) < 4.78 is 0. The van der Waals surface area contributed by atoms with Gasteiger partial charge in [-0.15, -0.1) is 0 Å². The van der Waals surface area contributed by atoms with Crippen molar-refractivity contribution in [3.8, 4) is 6.07 Å². The van der Waals surface area contributed by atoms with Crippen LogP contribution in [0, 0.1) is 22.7 Å². The lowest BCUT2D eigenvalue weighted by Crippen LogP contribution is -2.45. The summed E-state index contributed by atoms with van der Waals surface area (Å²) in [5.74, 6) is -1.51. The maximum Gasteiger partial charge on any atom is 0.184 e. The number of allylic oxidation sites excluding steroid dienone is 1. The van der Waals surface area contributed by atoms with Crippen molar-refractivity contribution in [1.29, 1.82) is 5.26 Å². The minimum atomic E-state index is -0.847. The molecule has 1 rings (SSSR count). The van der Waals surface area contributed by atoms with Crippen LogP contribution in [0.15, 0.2) is 21.4 Å². The SMILES string of the molecule is CC1=C(C#N)C(=O)C(C(C)(C)C)C(=O)C1N=NC(C)(C)C. The van der Waals surface area contributed by atoms with Gasteiger partial charge in [0.25, 0.3) is 0 Å². The average Bonchev–Trinajstić information content (AvgIpc) is 2.25. The van der Waals surface area contributed by atoms with E-state index in [4.69, 9.17) is 0 Å². The largest absolute Gasteiger partial charge is 0.296 e. The average molecular weight is 289 g/mol. The molecular formula is C16H23N3O2. The molecule has 0 aromatic heterocycles. The van der Waals surface area contributed by atoms with Gasteiger partial charge in [-0.3, -0.25) is 9.59 Å². The van der Waals surface area contributed by atoms with E-state index in [-0.39, 0.29) is 11.4 Å². The Bertz CT molecular complexity index is 566. The number of Topliss-reactive ketones (excluding diaryl/α,β-unsaturated/α-hetero) is 2. The summed E-state index contributed by atoms with van der Waals surface area (Å²) in [5, 5.41) is 17.5. The van der Waals surface area contributed by atoms with E-state index < -0.39 is 28.7 Å². The number of ketones is 2. The number of rotatable bonds is 1. The van der Waals surface area contributed by atoms with Gasteiger partial charge in [-0.2, -0.15) is 15.5 Å². The van der Waals surface area contributed by atoms with Gasteiger partial charge < -0.3 is 0 Å². The molecule has 0 radical (unpaired) electrons. The molecular weight excluding hydrogens is 266 g/mol. The summed E-state index contributed by atoms with van der Waals surface area (Å²) in [6.45, 7) is 12.7. The van der Waals surface area contributed by atoms with Crippen molar-refractivity contribution in [2.24, 2.45) is 21.6 Å². The third kappa shape index (κ3) is 3.63. The molecule has 5 heteroatoms. The molecule has 1 aliphatic carbocycles. The fourth-order valence-electron chi connectivity index (χ4n) is 2.31. The molecule has 0 saturated heterocycles. The molecule has 0 aromatic rings. The number of nitrogens with zero attached hydrogens (tertiary/aromatic N) is 3. The number of nitriles is 1. The molecule has 0 heterocycles. The fraction of sp³-hybridized carbons (Fsp3) is 0.688. The minimum absolute atomic E-state index is 0.0485. The van der Waals surface area contributed by atoms with Crippen LogP contribution in [0.3, 0.4) is 0 Å². The Kier molecular flexibility index (Phi) is 4.52. The summed E-state index contributed by atoms with van der Waals surface area (Å²) in [5.41, 5.74) is -0.508. The quantitative estimate of drug-likeness (QED) is 0.548. The monoisotopic (exact) mass is 289 g/mol. The first-order chi connectivity index (χ1) is 9.40. The third-order valence-electron chi connectivity index (χ3n) is 3.32. The van der Waals surface area contributed by atoms with Crippen LogP contribution in [0.4, 0.5) is 0 Å². The molecule has 0 bridgehead atoms. The molecule has 0 aromatic carbocycles. The van der Waals surface area contributed by atoms with Gasteiger partial charge in [0.1, 0.15) is 6.07 Å². The second kappa shape index (κ2) is 5.51. The predicted molar refractivity (Wildman–Crippen MR) is 79.7 cm³/mol. The van der Waals surface area contributed by atoms with Crippen molar-refractivity contribution >= 4 is 11.6 Å². The molecule has 114 valence electrons. The smallest absolute Gasteiger partial charge is 0.184 e. The second-order valence-corrected chi connectivity index (χ2v) is 7.52. The summed E-state index contributed by atoms with van der Waals surface area (Å²) in [6.07, 6.45) is 0. The lowest BCUT2D eigenvalue weighted by Gasteiger charge is -2.33. The van der Waals surface area contributed by atoms with Crippen LogP contribution in [0.1, 0.15) is 48.5 Å². The number of carbonyl (C=O) groups excluding carboxylic acids is 2. The zero-order chi connectivity index (χ0) is 16.6. The summed E-state index contributed by atoms with van der Waals surface area (Å²) in [4.78, 5) is 25.1. The lowest BCUT2D eigenvalue weighted by molar-refractivity contribution is -0.136. The van der Waals surface area contributed by atoms with E-state index in [2.05, 4.69) is 10.2 Å². The topological polar surface area (TPSA) is 82.6 Å².